The van der Waals surface area contributed by atoms with Crippen molar-refractivity contribution in [3.05, 3.63) is 54.3 Å². The first-order valence-corrected chi connectivity index (χ1v) is 7.81. The van der Waals surface area contributed by atoms with Gasteiger partial charge in [-0.3, -0.25) is 0 Å². The predicted molar refractivity (Wildman–Crippen MR) is 95.5 cm³/mol. The summed E-state index contributed by atoms with van der Waals surface area (Å²) in [5.74, 6) is 0.236. The topological polar surface area (TPSA) is 73.8 Å². The number of halogens is 1. The number of nitrogens with zero attached hydrogens (tertiary/aromatic N) is 1. The van der Waals surface area contributed by atoms with Crippen molar-refractivity contribution in [3.8, 4) is 5.75 Å². The van der Waals surface area contributed by atoms with E-state index in [0.29, 0.717) is 23.7 Å². The summed E-state index contributed by atoms with van der Waals surface area (Å²) in [6.45, 7) is 0.708. The molecular weight excluding hydrogens is 325 g/mol. The maximum Gasteiger partial charge on any atom is 0.323 e. The van der Waals surface area contributed by atoms with Gasteiger partial charge in [-0.15, -0.1) is 0 Å². The summed E-state index contributed by atoms with van der Waals surface area (Å²) in [5.41, 5.74) is 1.08. The van der Waals surface area contributed by atoms with Gasteiger partial charge in [-0.1, -0.05) is 0 Å². The van der Waals surface area contributed by atoms with E-state index in [1.165, 1.54) is 24.3 Å². The lowest BCUT2D eigenvalue weighted by molar-refractivity contribution is 0.0831. The second kappa shape index (κ2) is 9.00. The molecule has 0 radical (unpaired) electrons. The van der Waals surface area contributed by atoms with Crippen molar-refractivity contribution < 1.29 is 19.0 Å². The van der Waals surface area contributed by atoms with Crippen LogP contribution in [0.3, 0.4) is 0 Å². The molecule has 0 fully saturated rings. The standard InChI is InChI=1S/C18H22FN3O3/c1-22(2)11-16(23)12-25-17-9-7-15(8-10-17)21-18(24)20-14-5-3-13(19)4-6-14/h3-10,16,23H,11-12H2,1-2H3,(H2,20,21,24)/t16-/m1/s1. The fraction of sp³-hybridized carbons (Fsp3) is 0.278. The van der Waals surface area contributed by atoms with Crippen LogP contribution in [0.5, 0.6) is 5.75 Å². The Morgan fingerprint density at radius 2 is 1.60 bits per heavy atom. The van der Waals surface area contributed by atoms with E-state index in [9.17, 15) is 14.3 Å². The van der Waals surface area contributed by atoms with E-state index in [0.717, 1.165) is 0 Å². The monoisotopic (exact) mass is 347 g/mol. The summed E-state index contributed by atoms with van der Waals surface area (Å²) in [6.07, 6.45) is -0.575. The van der Waals surface area contributed by atoms with Crippen molar-refractivity contribution in [2.24, 2.45) is 0 Å². The summed E-state index contributed by atoms with van der Waals surface area (Å²) in [5, 5.41) is 15.0. The molecule has 0 saturated heterocycles. The maximum absolute atomic E-state index is 12.8. The number of urea groups is 1. The van der Waals surface area contributed by atoms with Gasteiger partial charge in [-0.2, -0.15) is 0 Å². The highest BCUT2D eigenvalue weighted by Crippen LogP contribution is 2.16. The van der Waals surface area contributed by atoms with Crippen LogP contribution in [-0.2, 0) is 0 Å². The van der Waals surface area contributed by atoms with Crippen molar-refractivity contribution in [1.29, 1.82) is 0 Å². The van der Waals surface area contributed by atoms with Gasteiger partial charge in [0, 0.05) is 17.9 Å². The third-order valence-corrected chi connectivity index (χ3v) is 3.23. The normalized spacial score (nSPS) is 11.9. The smallest absolute Gasteiger partial charge is 0.323 e. The molecule has 0 aromatic heterocycles. The number of carbonyl (C=O) groups excluding carboxylic acids is 1. The van der Waals surface area contributed by atoms with E-state index in [-0.39, 0.29) is 12.4 Å². The van der Waals surface area contributed by atoms with E-state index in [4.69, 9.17) is 4.74 Å². The molecule has 0 aliphatic rings. The van der Waals surface area contributed by atoms with Crippen molar-refractivity contribution in [2.75, 3.05) is 37.9 Å². The molecule has 0 heterocycles. The summed E-state index contributed by atoms with van der Waals surface area (Å²) in [7, 11) is 3.75. The Balaban J connectivity index is 1.81. The van der Waals surface area contributed by atoms with E-state index in [1.807, 2.05) is 19.0 Å². The minimum atomic E-state index is -0.575. The van der Waals surface area contributed by atoms with Crippen molar-refractivity contribution >= 4 is 17.4 Å². The molecule has 0 bridgehead atoms. The number of likely N-dealkylation sites (N-methyl/N-ethyl adjacent to an activating group) is 1. The molecule has 0 unspecified atom stereocenters. The number of hydrogen-bond acceptors (Lipinski definition) is 4. The quantitative estimate of drug-likeness (QED) is 0.720. The molecular formula is C18H22FN3O3. The van der Waals surface area contributed by atoms with Gasteiger partial charge >= 0.3 is 6.03 Å². The summed E-state index contributed by atoms with van der Waals surface area (Å²) < 4.78 is 18.3. The lowest BCUT2D eigenvalue weighted by Gasteiger charge is -2.16. The second-order valence-electron chi connectivity index (χ2n) is 5.84. The van der Waals surface area contributed by atoms with Crippen LogP contribution in [0.25, 0.3) is 0 Å². The molecule has 2 aromatic rings. The first kappa shape index (κ1) is 18.7. The van der Waals surface area contributed by atoms with Crippen LogP contribution in [0.4, 0.5) is 20.6 Å². The van der Waals surface area contributed by atoms with Gasteiger partial charge in [0.1, 0.15) is 24.3 Å². The third-order valence-electron chi connectivity index (χ3n) is 3.23. The average Bonchev–Trinajstić information content (AvgIpc) is 2.56. The average molecular weight is 347 g/mol. The minimum Gasteiger partial charge on any atom is -0.491 e. The number of carbonyl (C=O) groups is 1. The Bertz CT molecular complexity index is 675. The maximum atomic E-state index is 12.8. The highest BCUT2D eigenvalue weighted by molar-refractivity contribution is 5.99. The molecule has 0 spiro atoms. The second-order valence-corrected chi connectivity index (χ2v) is 5.84. The fourth-order valence-electron chi connectivity index (χ4n) is 2.13. The Morgan fingerprint density at radius 3 is 2.12 bits per heavy atom. The van der Waals surface area contributed by atoms with Crippen LogP contribution in [0.1, 0.15) is 0 Å². The van der Waals surface area contributed by atoms with Crippen molar-refractivity contribution in [2.45, 2.75) is 6.10 Å². The molecule has 0 aliphatic carbocycles. The van der Waals surface area contributed by atoms with Crippen LogP contribution in [0, 0.1) is 5.82 Å². The Hall–Kier alpha value is -2.64. The minimum absolute atomic E-state index is 0.190. The summed E-state index contributed by atoms with van der Waals surface area (Å²) in [4.78, 5) is 13.8. The molecule has 2 aromatic carbocycles. The van der Waals surface area contributed by atoms with Crippen LogP contribution >= 0.6 is 0 Å². The number of rotatable bonds is 7. The molecule has 7 heteroatoms. The molecule has 2 amide bonds. The van der Waals surface area contributed by atoms with Gasteiger partial charge < -0.3 is 25.4 Å². The van der Waals surface area contributed by atoms with Gasteiger partial charge in [-0.05, 0) is 62.6 Å². The highest BCUT2D eigenvalue weighted by atomic mass is 19.1. The van der Waals surface area contributed by atoms with Crippen LogP contribution in [0.2, 0.25) is 0 Å². The number of hydrogen-bond donors (Lipinski definition) is 3. The lowest BCUT2D eigenvalue weighted by atomic mass is 10.3. The molecule has 0 saturated carbocycles. The largest absolute Gasteiger partial charge is 0.491 e. The first-order valence-electron chi connectivity index (χ1n) is 7.81. The molecule has 0 aliphatic heterocycles. The lowest BCUT2D eigenvalue weighted by Crippen LogP contribution is -2.30. The van der Waals surface area contributed by atoms with Crippen LogP contribution < -0.4 is 15.4 Å². The van der Waals surface area contributed by atoms with Crippen LogP contribution in [0.15, 0.2) is 48.5 Å². The molecule has 25 heavy (non-hydrogen) atoms. The van der Waals surface area contributed by atoms with Gasteiger partial charge in [0.05, 0.1) is 0 Å². The van der Waals surface area contributed by atoms with Crippen LogP contribution in [-0.4, -0.2) is 49.4 Å². The van der Waals surface area contributed by atoms with E-state index >= 15 is 0 Å². The Morgan fingerprint density at radius 1 is 1.08 bits per heavy atom. The summed E-state index contributed by atoms with van der Waals surface area (Å²) >= 11 is 0. The highest BCUT2D eigenvalue weighted by Gasteiger charge is 2.07. The number of nitrogens with one attached hydrogen (secondary N) is 2. The van der Waals surface area contributed by atoms with Gasteiger partial charge in [0.2, 0.25) is 0 Å². The molecule has 3 N–H and O–H groups in total. The van der Waals surface area contributed by atoms with E-state index in [1.54, 1.807) is 24.3 Å². The number of aliphatic hydroxyl groups is 1. The number of anilines is 2. The molecule has 6 nitrogen and oxygen atoms in total. The number of aliphatic hydroxyl groups excluding tert-OH is 1. The van der Waals surface area contributed by atoms with E-state index < -0.39 is 12.1 Å². The number of amides is 2. The third kappa shape index (κ3) is 6.78. The molecule has 2 rings (SSSR count). The van der Waals surface area contributed by atoms with Crippen molar-refractivity contribution in [1.82, 2.24) is 4.90 Å². The van der Waals surface area contributed by atoms with Gasteiger partial charge in [0.15, 0.2) is 0 Å². The van der Waals surface area contributed by atoms with Gasteiger partial charge in [-0.25, -0.2) is 9.18 Å². The predicted octanol–water partition coefficient (Wildman–Crippen LogP) is 2.77. The number of ether oxygens (including phenoxy) is 1. The van der Waals surface area contributed by atoms with Crippen molar-refractivity contribution in [3.63, 3.8) is 0 Å². The van der Waals surface area contributed by atoms with Gasteiger partial charge in [0.25, 0.3) is 0 Å². The SMILES string of the molecule is CN(C)C[C@@H](O)COc1ccc(NC(=O)Nc2ccc(F)cc2)cc1. The zero-order valence-corrected chi connectivity index (χ0v) is 14.2. The Kier molecular flexibility index (Phi) is 6.73. The zero-order chi connectivity index (χ0) is 18.2. The Labute approximate surface area is 146 Å². The van der Waals surface area contributed by atoms with E-state index in [2.05, 4.69) is 10.6 Å². The first-order chi connectivity index (χ1) is 11.9. The number of benzene rings is 2. The molecule has 134 valence electrons. The molecule has 1 atom stereocenters. The fourth-order valence-corrected chi connectivity index (χ4v) is 2.13. The summed E-state index contributed by atoms with van der Waals surface area (Å²) in [6, 6.07) is 11.9. The zero-order valence-electron chi connectivity index (χ0n) is 14.2.